The van der Waals surface area contributed by atoms with E-state index in [1.165, 1.54) is 23.0 Å². The second-order valence-corrected chi connectivity index (χ2v) is 5.75. The number of carbonyl (C=O) groups is 1. The molecule has 1 heterocycles. The van der Waals surface area contributed by atoms with Crippen LogP contribution in [-0.4, -0.2) is 27.4 Å². The predicted molar refractivity (Wildman–Crippen MR) is 81.5 cm³/mol. The van der Waals surface area contributed by atoms with Crippen molar-refractivity contribution < 1.29 is 23.1 Å². The van der Waals surface area contributed by atoms with Crippen molar-refractivity contribution in [2.45, 2.75) is 19.1 Å². The molecule has 0 fully saturated rings. The van der Waals surface area contributed by atoms with E-state index in [0.717, 1.165) is 12.1 Å². The molecule has 0 aliphatic heterocycles. The zero-order chi connectivity index (χ0) is 17.2. The molecule has 23 heavy (non-hydrogen) atoms. The zero-order valence-corrected chi connectivity index (χ0v) is 13.5. The summed E-state index contributed by atoms with van der Waals surface area (Å²) in [4.78, 5) is 11.2. The number of nitrogens with zero attached hydrogens (tertiary/aromatic N) is 2. The summed E-state index contributed by atoms with van der Waals surface area (Å²) in [6.45, 7) is 2.06. The fourth-order valence-electron chi connectivity index (χ4n) is 2.00. The Hall–Kier alpha value is -2.03. The van der Waals surface area contributed by atoms with Crippen LogP contribution in [0.25, 0.3) is 0 Å². The SMILES string of the molecule is CC(CNc1ccc(C(F)(F)F)cc1)n1ncc(Br)c1C(=O)O. The van der Waals surface area contributed by atoms with E-state index in [1.54, 1.807) is 6.92 Å². The molecule has 0 aliphatic rings. The van der Waals surface area contributed by atoms with Gasteiger partial charge in [0.15, 0.2) is 5.69 Å². The van der Waals surface area contributed by atoms with Gasteiger partial charge in [-0.2, -0.15) is 18.3 Å². The summed E-state index contributed by atoms with van der Waals surface area (Å²) in [6.07, 6.45) is -2.98. The fraction of sp³-hybridized carbons (Fsp3) is 0.286. The van der Waals surface area contributed by atoms with Crippen LogP contribution in [0.1, 0.15) is 29.0 Å². The van der Waals surface area contributed by atoms with Crippen molar-refractivity contribution in [2.75, 3.05) is 11.9 Å². The zero-order valence-electron chi connectivity index (χ0n) is 11.9. The predicted octanol–water partition coefficient (Wildman–Crippen LogP) is 4.04. The monoisotopic (exact) mass is 391 g/mol. The Morgan fingerprint density at radius 3 is 2.52 bits per heavy atom. The highest BCUT2D eigenvalue weighted by atomic mass is 79.9. The molecule has 0 bridgehead atoms. The lowest BCUT2D eigenvalue weighted by atomic mass is 10.2. The largest absolute Gasteiger partial charge is 0.476 e. The molecule has 2 N–H and O–H groups in total. The number of hydrogen-bond donors (Lipinski definition) is 2. The molecule has 1 atom stereocenters. The fourth-order valence-corrected chi connectivity index (χ4v) is 2.45. The second-order valence-electron chi connectivity index (χ2n) is 4.90. The van der Waals surface area contributed by atoms with Crippen LogP contribution in [-0.2, 0) is 6.18 Å². The maximum Gasteiger partial charge on any atom is 0.416 e. The van der Waals surface area contributed by atoms with Gasteiger partial charge in [-0.25, -0.2) is 4.79 Å². The van der Waals surface area contributed by atoms with Crippen LogP contribution < -0.4 is 5.32 Å². The minimum Gasteiger partial charge on any atom is -0.476 e. The molecule has 0 radical (unpaired) electrons. The van der Waals surface area contributed by atoms with Gasteiger partial charge in [-0.15, -0.1) is 0 Å². The molecule has 1 unspecified atom stereocenters. The average Bonchev–Trinajstić information content (AvgIpc) is 2.86. The third-order valence-corrected chi connectivity index (χ3v) is 3.77. The number of carboxylic acids is 1. The van der Waals surface area contributed by atoms with Gasteiger partial charge in [0.05, 0.1) is 22.3 Å². The molecule has 0 saturated heterocycles. The van der Waals surface area contributed by atoms with Crippen molar-refractivity contribution in [3.8, 4) is 0 Å². The molecule has 124 valence electrons. The van der Waals surface area contributed by atoms with Gasteiger partial charge in [0.2, 0.25) is 0 Å². The number of nitrogens with one attached hydrogen (secondary N) is 1. The summed E-state index contributed by atoms with van der Waals surface area (Å²) in [5.41, 5.74) is -0.195. The van der Waals surface area contributed by atoms with E-state index in [-0.39, 0.29) is 11.7 Å². The Labute approximate surface area is 138 Å². The molecule has 0 amide bonds. The minimum atomic E-state index is -4.37. The first kappa shape index (κ1) is 17.3. The number of aromatic carboxylic acids is 1. The highest BCUT2D eigenvalue weighted by Gasteiger charge is 2.30. The van der Waals surface area contributed by atoms with E-state index in [2.05, 4.69) is 26.3 Å². The molecule has 2 aromatic rings. The van der Waals surface area contributed by atoms with Gasteiger partial charge < -0.3 is 10.4 Å². The Balaban J connectivity index is 2.05. The number of carboxylic acid groups (broad SMARTS) is 1. The quantitative estimate of drug-likeness (QED) is 0.806. The van der Waals surface area contributed by atoms with E-state index < -0.39 is 17.7 Å². The van der Waals surface area contributed by atoms with Crippen molar-refractivity contribution >= 4 is 27.6 Å². The van der Waals surface area contributed by atoms with Crippen LogP contribution >= 0.6 is 15.9 Å². The Bertz CT molecular complexity index is 698. The Morgan fingerprint density at radius 1 is 1.39 bits per heavy atom. The summed E-state index contributed by atoms with van der Waals surface area (Å²) >= 11 is 3.12. The van der Waals surface area contributed by atoms with Gasteiger partial charge in [0.1, 0.15) is 0 Å². The summed E-state index contributed by atoms with van der Waals surface area (Å²) in [5.74, 6) is -1.12. The lowest BCUT2D eigenvalue weighted by molar-refractivity contribution is -0.137. The number of benzene rings is 1. The number of anilines is 1. The first-order chi connectivity index (χ1) is 10.7. The van der Waals surface area contributed by atoms with Crippen LogP contribution in [0, 0.1) is 0 Å². The summed E-state index contributed by atoms with van der Waals surface area (Å²) in [5, 5.41) is 16.1. The average molecular weight is 392 g/mol. The van der Waals surface area contributed by atoms with Gasteiger partial charge >= 0.3 is 12.1 Å². The minimum absolute atomic E-state index is 0.0201. The second kappa shape index (κ2) is 6.61. The maximum atomic E-state index is 12.5. The van der Waals surface area contributed by atoms with Crippen LogP contribution in [0.2, 0.25) is 0 Å². The van der Waals surface area contributed by atoms with Crippen LogP contribution in [0.4, 0.5) is 18.9 Å². The molecule has 0 aliphatic carbocycles. The summed E-state index contributed by atoms with van der Waals surface area (Å²) in [7, 11) is 0. The van der Waals surface area contributed by atoms with Crippen molar-refractivity contribution in [2.24, 2.45) is 0 Å². The molecule has 9 heteroatoms. The standard InChI is InChI=1S/C14H13BrF3N3O2/c1-8(21-12(13(22)23)11(15)7-20-21)6-19-10-4-2-9(3-5-10)14(16,17)18/h2-5,7-8,19H,6H2,1H3,(H,22,23). The molecular weight excluding hydrogens is 379 g/mol. The van der Waals surface area contributed by atoms with E-state index >= 15 is 0 Å². The van der Waals surface area contributed by atoms with E-state index in [4.69, 9.17) is 5.11 Å². The van der Waals surface area contributed by atoms with Crippen LogP contribution in [0.15, 0.2) is 34.9 Å². The molecule has 5 nitrogen and oxygen atoms in total. The first-order valence-electron chi connectivity index (χ1n) is 6.57. The molecule has 0 spiro atoms. The molecule has 1 aromatic carbocycles. The highest BCUT2D eigenvalue weighted by molar-refractivity contribution is 9.10. The number of hydrogen-bond acceptors (Lipinski definition) is 3. The van der Waals surface area contributed by atoms with Crippen molar-refractivity contribution in [1.29, 1.82) is 0 Å². The molecular formula is C14H13BrF3N3O2. The van der Waals surface area contributed by atoms with Crippen molar-refractivity contribution in [3.63, 3.8) is 0 Å². The van der Waals surface area contributed by atoms with Gasteiger partial charge in [0, 0.05) is 12.2 Å². The van der Waals surface area contributed by atoms with Crippen LogP contribution in [0.3, 0.4) is 0 Å². The Kier molecular flexibility index (Phi) is 4.98. The maximum absolute atomic E-state index is 12.5. The van der Waals surface area contributed by atoms with E-state index in [9.17, 15) is 18.0 Å². The molecule has 2 rings (SSSR count). The molecule has 1 aromatic heterocycles. The Morgan fingerprint density at radius 2 is 2.00 bits per heavy atom. The first-order valence-corrected chi connectivity index (χ1v) is 7.37. The summed E-state index contributed by atoms with van der Waals surface area (Å²) < 4.78 is 39.2. The number of alkyl halides is 3. The van der Waals surface area contributed by atoms with Gasteiger partial charge in [-0.05, 0) is 47.1 Å². The molecule has 0 saturated carbocycles. The van der Waals surface area contributed by atoms with E-state index in [1.807, 2.05) is 0 Å². The third kappa shape index (κ3) is 4.04. The van der Waals surface area contributed by atoms with Gasteiger partial charge in [-0.3, -0.25) is 4.68 Å². The van der Waals surface area contributed by atoms with Gasteiger partial charge in [0.25, 0.3) is 0 Å². The smallest absolute Gasteiger partial charge is 0.416 e. The lowest BCUT2D eigenvalue weighted by Gasteiger charge is -2.16. The number of halogens is 4. The van der Waals surface area contributed by atoms with Crippen molar-refractivity contribution in [1.82, 2.24) is 9.78 Å². The topological polar surface area (TPSA) is 67.2 Å². The number of aromatic nitrogens is 2. The van der Waals surface area contributed by atoms with Crippen LogP contribution in [0.5, 0.6) is 0 Å². The third-order valence-electron chi connectivity index (χ3n) is 3.18. The lowest BCUT2D eigenvalue weighted by Crippen LogP contribution is -2.21. The normalized spacial score (nSPS) is 12.9. The number of rotatable bonds is 5. The summed E-state index contributed by atoms with van der Waals surface area (Å²) in [6, 6.07) is 4.31. The van der Waals surface area contributed by atoms with E-state index in [0.29, 0.717) is 16.7 Å². The van der Waals surface area contributed by atoms with Gasteiger partial charge in [-0.1, -0.05) is 0 Å². The highest BCUT2D eigenvalue weighted by Crippen LogP contribution is 2.30. The van der Waals surface area contributed by atoms with Crippen molar-refractivity contribution in [3.05, 3.63) is 46.2 Å².